The summed E-state index contributed by atoms with van der Waals surface area (Å²) in [5.74, 6) is -0.0152. The molecule has 0 fully saturated rings. The van der Waals surface area contributed by atoms with Crippen molar-refractivity contribution in [3.8, 4) is 0 Å². The molecule has 0 bridgehead atoms. The van der Waals surface area contributed by atoms with E-state index in [2.05, 4.69) is 25.8 Å². The Bertz CT molecular complexity index is 591. The number of pyridine rings is 1. The van der Waals surface area contributed by atoms with Crippen molar-refractivity contribution in [2.75, 3.05) is 0 Å². The minimum atomic E-state index is -0.0152. The summed E-state index contributed by atoms with van der Waals surface area (Å²) in [4.78, 5) is 16.5. The van der Waals surface area contributed by atoms with Crippen LogP contribution in [0, 0.1) is 6.92 Å². The third-order valence-corrected chi connectivity index (χ3v) is 3.24. The topological polar surface area (TPSA) is 30.0 Å². The second-order valence-electron chi connectivity index (χ2n) is 5.83. The molecule has 0 radical (unpaired) electrons. The predicted octanol–water partition coefficient (Wildman–Crippen LogP) is 3.92. The van der Waals surface area contributed by atoms with Crippen molar-refractivity contribution in [1.82, 2.24) is 4.98 Å². The van der Waals surface area contributed by atoms with Crippen molar-refractivity contribution < 1.29 is 4.79 Å². The number of carbonyl (C=O) groups is 1. The molecule has 0 atom stereocenters. The van der Waals surface area contributed by atoms with Crippen LogP contribution in [0.4, 0.5) is 0 Å². The standard InChI is InChI=1S/C17H19NO/c1-12-6-5-11-18-15(12)16(19)13-7-9-14(10-8-13)17(2,3)4/h5-11H,1-4H3. The van der Waals surface area contributed by atoms with Crippen LogP contribution in [0.15, 0.2) is 42.6 Å². The smallest absolute Gasteiger partial charge is 0.211 e. The lowest BCUT2D eigenvalue weighted by Gasteiger charge is -2.19. The number of hydrogen-bond donors (Lipinski definition) is 0. The van der Waals surface area contributed by atoms with Crippen LogP contribution >= 0.6 is 0 Å². The van der Waals surface area contributed by atoms with Crippen LogP contribution in [-0.4, -0.2) is 10.8 Å². The third kappa shape index (κ3) is 2.90. The molecule has 0 unspecified atom stereocenters. The molecule has 2 aromatic rings. The fraction of sp³-hybridized carbons (Fsp3) is 0.294. The van der Waals surface area contributed by atoms with E-state index in [0.29, 0.717) is 11.3 Å². The Balaban J connectivity index is 2.34. The van der Waals surface area contributed by atoms with E-state index in [1.807, 2.05) is 43.3 Å². The minimum absolute atomic E-state index is 0.0152. The van der Waals surface area contributed by atoms with Gasteiger partial charge in [-0.25, -0.2) is 0 Å². The van der Waals surface area contributed by atoms with Gasteiger partial charge in [0, 0.05) is 11.8 Å². The van der Waals surface area contributed by atoms with Gasteiger partial charge in [-0.1, -0.05) is 51.1 Å². The summed E-state index contributed by atoms with van der Waals surface area (Å²) in [6.07, 6.45) is 1.66. The largest absolute Gasteiger partial charge is 0.287 e. The number of hydrogen-bond acceptors (Lipinski definition) is 2. The minimum Gasteiger partial charge on any atom is -0.287 e. The normalized spacial score (nSPS) is 11.4. The lowest BCUT2D eigenvalue weighted by Crippen LogP contribution is -2.12. The lowest BCUT2D eigenvalue weighted by atomic mass is 9.86. The van der Waals surface area contributed by atoms with E-state index < -0.39 is 0 Å². The summed E-state index contributed by atoms with van der Waals surface area (Å²) < 4.78 is 0. The highest BCUT2D eigenvalue weighted by molar-refractivity contribution is 6.08. The van der Waals surface area contributed by atoms with E-state index in [1.165, 1.54) is 5.56 Å². The Morgan fingerprint density at radius 3 is 2.21 bits per heavy atom. The van der Waals surface area contributed by atoms with Crippen LogP contribution in [-0.2, 0) is 5.41 Å². The summed E-state index contributed by atoms with van der Waals surface area (Å²) >= 11 is 0. The van der Waals surface area contributed by atoms with E-state index in [0.717, 1.165) is 5.56 Å². The summed E-state index contributed by atoms with van der Waals surface area (Å²) in [5, 5.41) is 0. The first-order valence-corrected chi connectivity index (χ1v) is 6.46. The number of nitrogens with zero attached hydrogens (tertiary/aromatic N) is 1. The lowest BCUT2D eigenvalue weighted by molar-refractivity contribution is 0.103. The van der Waals surface area contributed by atoms with Crippen molar-refractivity contribution in [2.45, 2.75) is 33.1 Å². The molecule has 0 spiro atoms. The Kier molecular flexibility index (Phi) is 3.52. The first-order chi connectivity index (χ1) is 8.89. The molecule has 19 heavy (non-hydrogen) atoms. The maximum absolute atomic E-state index is 12.4. The first kappa shape index (κ1) is 13.5. The van der Waals surface area contributed by atoms with Crippen molar-refractivity contribution in [3.05, 3.63) is 65.0 Å². The molecule has 0 aliphatic carbocycles. The summed E-state index contributed by atoms with van der Waals surface area (Å²) in [6.45, 7) is 8.38. The molecule has 0 amide bonds. The number of carbonyl (C=O) groups excluding carboxylic acids is 1. The Labute approximate surface area is 114 Å². The van der Waals surface area contributed by atoms with Gasteiger partial charge in [-0.2, -0.15) is 0 Å². The fourth-order valence-electron chi connectivity index (χ4n) is 1.98. The van der Waals surface area contributed by atoms with Gasteiger partial charge >= 0.3 is 0 Å². The van der Waals surface area contributed by atoms with Gasteiger partial charge in [-0.15, -0.1) is 0 Å². The van der Waals surface area contributed by atoms with E-state index >= 15 is 0 Å². The number of ketones is 1. The quantitative estimate of drug-likeness (QED) is 0.759. The number of aryl methyl sites for hydroxylation is 1. The number of aromatic nitrogens is 1. The molecule has 0 saturated heterocycles. The Hall–Kier alpha value is -1.96. The number of benzene rings is 1. The molecular weight excluding hydrogens is 234 g/mol. The molecule has 1 aromatic heterocycles. The molecule has 0 aliphatic heterocycles. The van der Waals surface area contributed by atoms with Gasteiger partial charge in [-0.05, 0) is 29.5 Å². The molecule has 2 rings (SSSR count). The summed E-state index contributed by atoms with van der Waals surface area (Å²) in [7, 11) is 0. The molecule has 1 heterocycles. The summed E-state index contributed by atoms with van der Waals surface area (Å²) in [6, 6.07) is 11.6. The predicted molar refractivity (Wildman–Crippen MR) is 77.5 cm³/mol. The third-order valence-electron chi connectivity index (χ3n) is 3.24. The van der Waals surface area contributed by atoms with E-state index in [4.69, 9.17) is 0 Å². The Morgan fingerprint density at radius 2 is 1.68 bits per heavy atom. The van der Waals surface area contributed by atoms with Crippen LogP contribution in [0.5, 0.6) is 0 Å². The van der Waals surface area contributed by atoms with Crippen LogP contribution in [0.3, 0.4) is 0 Å². The molecular formula is C17H19NO. The zero-order chi connectivity index (χ0) is 14.0. The van der Waals surface area contributed by atoms with Crippen molar-refractivity contribution in [3.63, 3.8) is 0 Å². The molecule has 0 aliphatic rings. The van der Waals surface area contributed by atoms with Gasteiger partial charge in [-0.3, -0.25) is 9.78 Å². The molecule has 0 N–H and O–H groups in total. The molecule has 2 nitrogen and oxygen atoms in total. The zero-order valence-electron chi connectivity index (χ0n) is 11.9. The summed E-state index contributed by atoms with van der Waals surface area (Å²) in [5.41, 5.74) is 3.46. The maximum atomic E-state index is 12.4. The van der Waals surface area contributed by atoms with E-state index in [1.54, 1.807) is 6.20 Å². The van der Waals surface area contributed by atoms with Gasteiger partial charge in [0.15, 0.2) is 0 Å². The highest BCUT2D eigenvalue weighted by Crippen LogP contribution is 2.23. The molecule has 0 saturated carbocycles. The van der Waals surface area contributed by atoms with Crippen LogP contribution in [0.1, 0.15) is 48.0 Å². The number of rotatable bonds is 2. The van der Waals surface area contributed by atoms with Gasteiger partial charge in [0.05, 0.1) is 0 Å². The second-order valence-corrected chi connectivity index (χ2v) is 5.83. The highest BCUT2D eigenvalue weighted by atomic mass is 16.1. The molecule has 2 heteroatoms. The SMILES string of the molecule is Cc1cccnc1C(=O)c1ccc(C(C)(C)C)cc1. The molecule has 1 aromatic carbocycles. The van der Waals surface area contributed by atoms with Crippen LogP contribution < -0.4 is 0 Å². The van der Waals surface area contributed by atoms with Crippen molar-refractivity contribution in [1.29, 1.82) is 0 Å². The van der Waals surface area contributed by atoms with E-state index in [-0.39, 0.29) is 11.2 Å². The van der Waals surface area contributed by atoms with Gasteiger partial charge < -0.3 is 0 Å². The monoisotopic (exact) mass is 253 g/mol. The highest BCUT2D eigenvalue weighted by Gasteiger charge is 2.16. The first-order valence-electron chi connectivity index (χ1n) is 6.46. The Morgan fingerprint density at radius 1 is 1.05 bits per heavy atom. The second kappa shape index (κ2) is 4.96. The molecule has 98 valence electrons. The zero-order valence-corrected chi connectivity index (χ0v) is 11.9. The van der Waals surface area contributed by atoms with Crippen LogP contribution in [0.2, 0.25) is 0 Å². The van der Waals surface area contributed by atoms with Crippen LogP contribution in [0.25, 0.3) is 0 Å². The fourth-order valence-corrected chi connectivity index (χ4v) is 1.98. The van der Waals surface area contributed by atoms with Gasteiger partial charge in [0.25, 0.3) is 0 Å². The van der Waals surface area contributed by atoms with Gasteiger partial charge in [0.2, 0.25) is 5.78 Å². The van der Waals surface area contributed by atoms with Crippen molar-refractivity contribution in [2.24, 2.45) is 0 Å². The average molecular weight is 253 g/mol. The van der Waals surface area contributed by atoms with Crippen molar-refractivity contribution >= 4 is 5.78 Å². The van der Waals surface area contributed by atoms with E-state index in [9.17, 15) is 4.79 Å². The van der Waals surface area contributed by atoms with Gasteiger partial charge in [0.1, 0.15) is 5.69 Å². The average Bonchev–Trinajstić information content (AvgIpc) is 2.38. The maximum Gasteiger partial charge on any atom is 0.211 e.